The number of hydrogen-bond acceptors (Lipinski definition) is 4. The molecule has 21 heavy (non-hydrogen) atoms. The van der Waals surface area contributed by atoms with Gasteiger partial charge in [-0.2, -0.15) is 5.26 Å². The van der Waals surface area contributed by atoms with Gasteiger partial charge in [-0.1, -0.05) is 0 Å². The summed E-state index contributed by atoms with van der Waals surface area (Å²) < 4.78 is 0. The Bertz CT molecular complexity index is 418. The van der Waals surface area contributed by atoms with Gasteiger partial charge in [0, 0.05) is 12.1 Å². The smallest absolute Gasteiger partial charge is 0.235 e. The number of likely N-dealkylation sites (tertiary alicyclic amines) is 1. The maximum Gasteiger partial charge on any atom is 0.235 e. The molecule has 2 atom stereocenters. The molecule has 0 bridgehead atoms. The van der Waals surface area contributed by atoms with E-state index < -0.39 is 5.54 Å². The summed E-state index contributed by atoms with van der Waals surface area (Å²) in [7, 11) is 0. The van der Waals surface area contributed by atoms with Crippen LogP contribution in [0.25, 0.3) is 0 Å². The van der Waals surface area contributed by atoms with Crippen molar-refractivity contribution in [3.8, 4) is 6.07 Å². The van der Waals surface area contributed by atoms with E-state index in [0.717, 1.165) is 38.8 Å². The Morgan fingerprint density at radius 1 is 1.29 bits per heavy atom. The Kier molecular flexibility index (Phi) is 4.46. The summed E-state index contributed by atoms with van der Waals surface area (Å²) in [6, 6.07) is 3.39. The fraction of sp³-hybridized carbons (Fsp3) is 0.875. The minimum Gasteiger partial charge on any atom is -0.337 e. The van der Waals surface area contributed by atoms with Crippen molar-refractivity contribution in [1.29, 1.82) is 5.26 Å². The van der Waals surface area contributed by atoms with E-state index in [2.05, 4.69) is 21.6 Å². The highest BCUT2D eigenvalue weighted by Crippen LogP contribution is 2.29. The van der Waals surface area contributed by atoms with Crippen molar-refractivity contribution in [3.05, 3.63) is 0 Å². The highest BCUT2D eigenvalue weighted by molar-refractivity contribution is 5.79. The van der Waals surface area contributed by atoms with E-state index in [1.165, 1.54) is 25.7 Å². The van der Waals surface area contributed by atoms with Crippen molar-refractivity contribution in [2.75, 3.05) is 19.6 Å². The Hall–Kier alpha value is -1.12. The average Bonchev–Trinajstić information content (AvgIpc) is 3.19. The standard InChI is InChI=1S/C16H26N4O/c17-12-16(7-1-2-8-16)19-15(21)11-20-10-4-6-14(20)13-5-3-9-18-13/h13-14,18H,1-11H2,(H,19,21). The molecule has 2 saturated heterocycles. The fourth-order valence-electron chi connectivity index (χ4n) is 4.28. The molecule has 0 radical (unpaired) electrons. The van der Waals surface area contributed by atoms with E-state index in [4.69, 9.17) is 0 Å². The van der Waals surface area contributed by atoms with Gasteiger partial charge in [0.15, 0.2) is 0 Å². The number of nitriles is 1. The van der Waals surface area contributed by atoms with Crippen LogP contribution < -0.4 is 10.6 Å². The van der Waals surface area contributed by atoms with Gasteiger partial charge in [-0.3, -0.25) is 9.69 Å². The second-order valence-electron chi connectivity index (χ2n) is 6.83. The first-order valence-electron chi connectivity index (χ1n) is 8.42. The third kappa shape index (κ3) is 3.22. The van der Waals surface area contributed by atoms with Crippen molar-refractivity contribution < 1.29 is 4.79 Å². The molecule has 2 unspecified atom stereocenters. The first kappa shape index (κ1) is 14.8. The molecule has 1 saturated carbocycles. The summed E-state index contributed by atoms with van der Waals surface area (Å²) in [5.74, 6) is 0.0309. The normalized spacial score (nSPS) is 32.1. The molecule has 0 aromatic carbocycles. The monoisotopic (exact) mass is 290 g/mol. The summed E-state index contributed by atoms with van der Waals surface area (Å²) >= 11 is 0. The summed E-state index contributed by atoms with van der Waals surface area (Å²) in [6.07, 6.45) is 8.56. The van der Waals surface area contributed by atoms with E-state index >= 15 is 0 Å². The lowest BCUT2D eigenvalue weighted by atomic mass is 10.00. The predicted octanol–water partition coefficient (Wildman–Crippen LogP) is 1.16. The van der Waals surface area contributed by atoms with E-state index in [1.54, 1.807) is 0 Å². The number of carbonyl (C=O) groups excluding carboxylic acids is 1. The zero-order valence-electron chi connectivity index (χ0n) is 12.7. The lowest BCUT2D eigenvalue weighted by molar-refractivity contribution is -0.123. The van der Waals surface area contributed by atoms with Crippen LogP contribution in [-0.2, 0) is 4.79 Å². The summed E-state index contributed by atoms with van der Waals surface area (Å²) in [5.41, 5.74) is -0.585. The van der Waals surface area contributed by atoms with Crippen LogP contribution in [0.2, 0.25) is 0 Å². The second kappa shape index (κ2) is 6.33. The fourth-order valence-corrected chi connectivity index (χ4v) is 4.28. The van der Waals surface area contributed by atoms with Crippen LogP contribution in [0.4, 0.5) is 0 Å². The van der Waals surface area contributed by atoms with Crippen molar-refractivity contribution in [2.45, 2.75) is 69.0 Å². The molecule has 3 aliphatic rings. The molecule has 2 heterocycles. The second-order valence-corrected chi connectivity index (χ2v) is 6.83. The molecule has 116 valence electrons. The molecule has 3 fully saturated rings. The van der Waals surface area contributed by atoms with Crippen LogP contribution >= 0.6 is 0 Å². The molecule has 5 nitrogen and oxygen atoms in total. The van der Waals surface area contributed by atoms with Gasteiger partial charge in [0.05, 0.1) is 12.6 Å². The van der Waals surface area contributed by atoms with Gasteiger partial charge >= 0.3 is 0 Å². The third-order valence-corrected chi connectivity index (χ3v) is 5.37. The molecular weight excluding hydrogens is 264 g/mol. The number of amides is 1. The molecule has 0 spiro atoms. The molecule has 3 rings (SSSR count). The molecule has 2 aliphatic heterocycles. The molecule has 0 aromatic rings. The first-order valence-corrected chi connectivity index (χ1v) is 8.42. The lowest BCUT2D eigenvalue weighted by Gasteiger charge is -2.30. The third-order valence-electron chi connectivity index (χ3n) is 5.37. The quantitative estimate of drug-likeness (QED) is 0.815. The minimum atomic E-state index is -0.585. The van der Waals surface area contributed by atoms with Crippen molar-refractivity contribution in [1.82, 2.24) is 15.5 Å². The van der Waals surface area contributed by atoms with Gasteiger partial charge in [0.25, 0.3) is 0 Å². The summed E-state index contributed by atoms with van der Waals surface area (Å²) in [4.78, 5) is 14.7. The highest BCUT2D eigenvalue weighted by Gasteiger charge is 2.38. The van der Waals surface area contributed by atoms with Gasteiger partial charge in [0.1, 0.15) is 5.54 Å². The van der Waals surface area contributed by atoms with Gasteiger partial charge in [-0.05, 0) is 64.5 Å². The van der Waals surface area contributed by atoms with Crippen LogP contribution in [0.15, 0.2) is 0 Å². The van der Waals surface area contributed by atoms with Crippen molar-refractivity contribution in [2.24, 2.45) is 0 Å². The Labute approximate surface area is 127 Å². The number of carbonyl (C=O) groups is 1. The molecule has 5 heteroatoms. The highest BCUT2D eigenvalue weighted by atomic mass is 16.2. The Morgan fingerprint density at radius 2 is 2.10 bits per heavy atom. The van der Waals surface area contributed by atoms with E-state index in [9.17, 15) is 10.1 Å². The number of rotatable bonds is 4. The van der Waals surface area contributed by atoms with Gasteiger partial charge < -0.3 is 10.6 Å². The van der Waals surface area contributed by atoms with Crippen LogP contribution in [0, 0.1) is 11.3 Å². The van der Waals surface area contributed by atoms with Crippen LogP contribution in [0.3, 0.4) is 0 Å². The minimum absolute atomic E-state index is 0.0309. The van der Waals surface area contributed by atoms with Crippen LogP contribution in [-0.4, -0.2) is 48.1 Å². The van der Waals surface area contributed by atoms with E-state index in [1.807, 2.05) is 0 Å². The maximum absolute atomic E-state index is 12.4. The SMILES string of the molecule is N#CC1(NC(=O)CN2CCCC2C2CCCN2)CCCC1. The Morgan fingerprint density at radius 3 is 2.76 bits per heavy atom. The zero-order chi connectivity index (χ0) is 14.7. The van der Waals surface area contributed by atoms with E-state index in [-0.39, 0.29) is 5.91 Å². The van der Waals surface area contributed by atoms with Crippen molar-refractivity contribution >= 4 is 5.91 Å². The molecule has 1 aliphatic carbocycles. The lowest BCUT2D eigenvalue weighted by Crippen LogP contribution is -2.52. The van der Waals surface area contributed by atoms with Crippen molar-refractivity contribution in [3.63, 3.8) is 0 Å². The largest absolute Gasteiger partial charge is 0.337 e. The Balaban J connectivity index is 1.55. The molecular formula is C16H26N4O. The van der Waals surface area contributed by atoms with Crippen LogP contribution in [0.1, 0.15) is 51.4 Å². The van der Waals surface area contributed by atoms with E-state index in [0.29, 0.717) is 18.6 Å². The number of nitrogens with zero attached hydrogens (tertiary/aromatic N) is 2. The molecule has 0 aromatic heterocycles. The van der Waals surface area contributed by atoms with Gasteiger partial charge in [-0.15, -0.1) is 0 Å². The van der Waals surface area contributed by atoms with Gasteiger partial charge in [-0.25, -0.2) is 0 Å². The summed E-state index contributed by atoms with van der Waals surface area (Å²) in [5, 5.41) is 15.9. The zero-order valence-corrected chi connectivity index (χ0v) is 12.7. The maximum atomic E-state index is 12.4. The number of nitrogens with one attached hydrogen (secondary N) is 2. The average molecular weight is 290 g/mol. The number of hydrogen-bond donors (Lipinski definition) is 2. The molecule has 1 amide bonds. The predicted molar refractivity (Wildman–Crippen MR) is 80.6 cm³/mol. The topological polar surface area (TPSA) is 68.2 Å². The molecule has 2 N–H and O–H groups in total. The summed E-state index contributed by atoms with van der Waals surface area (Å²) in [6.45, 7) is 2.57. The first-order chi connectivity index (χ1) is 10.2. The van der Waals surface area contributed by atoms with Crippen LogP contribution in [0.5, 0.6) is 0 Å². The van der Waals surface area contributed by atoms with Gasteiger partial charge in [0.2, 0.25) is 5.91 Å².